The van der Waals surface area contributed by atoms with Gasteiger partial charge in [0.25, 0.3) is 5.91 Å². The molecule has 2 fully saturated rings. The van der Waals surface area contributed by atoms with Crippen LogP contribution in [0.1, 0.15) is 47.3 Å². The van der Waals surface area contributed by atoms with E-state index in [9.17, 15) is 22.0 Å². The maximum atomic E-state index is 14.6. The number of nitrogens with zero attached hydrogens (tertiary/aromatic N) is 3. The molecule has 3 aromatic rings. The Kier molecular flexibility index (Phi) is 8.39. The van der Waals surface area contributed by atoms with Crippen LogP contribution in [-0.2, 0) is 38.2 Å². The molecule has 0 aliphatic carbocycles. The van der Waals surface area contributed by atoms with Crippen LogP contribution in [0.2, 0.25) is 0 Å². The second-order valence-corrected chi connectivity index (χ2v) is 11.8. The highest BCUT2D eigenvalue weighted by atomic mass is 32.2. The highest BCUT2D eigenvalue weighted by molar-refractivity contribution is 7.90. The van der Waals surface area contributed by atoms with E-state index in [0.717, 1.165) is 25.7 Å². The Morgan fingerprint density at radius 2 is 1.64 bits per heavy atom. The number of amides is 1. The maximum Gasteiger partial charge on any atom is 0.257 e. The largest absolute Gasteiger partial charge is 0.376 e. The number of halogens is 2. The van der Waals surface area contributed by atoms with Crippen molar-refractivity contribution in [3.63, 3.8) is 0 Å². The van der Waals surface area contributed by atoms with Crippen LogP contribution in [0, 0.1) is 11.6 Å². The quantitative estimate of drug-likeness (QED) is 0.371. The standard InChI is InChI=1S/C28H31F2N3O5S/c29-25-11-3-1-7-20(25)19-39(35,36)28-31-15-21(33(28)18-23-9-6-14-38-23)16-32(17-22-8-5-13-37-22)27(34)24-10-2-4-12-26(24)30/h1-4,7,10-12,15,22-23H,5-6,8-9,13-14,16-19H2/t22-,23+/m1/s1. The number of rotatable bonds is 10. The number of carbonyl (C=O) groups excluding carboxylic acids is 1. The highest BCUT2D eigenvalue weighted by Gasteiger charge is 2.31. The molecular formula is C28H31F2N3O5S. The molecule has 11 heteroatoms. The Balaban J connectivity index is 1.49. The van der Waals surface area contributed by atoms with E-state index in [4.69, 9.17) is 9.47 Å². The van der Waals surface area contributed by atoms with Crippen LogP contribution in [0.25, 0.3) is 0 Å². The number of benzene rings is 2. The van der Waals surface area contributed by atoms with Gasteiger partial charge in [-0.3, -0.25) is 4.79 Å². The van der Waals surface area contributed by atoms with Gasteiger partial charge in [0.05, 0.1) is 48.5 Å². The van der Waals surface area contributed by atoms with E-state index in [2.05, 4.69) is 4.98 Å². The molecule has 8 nitrogen and oxygen atoms in total. The summed E-state index contributed by atoms with van der Waals surface area (Å²) in [6, 6.07) is 11.5. The van der Waals surface area contributed by atoms with Crippen molar-refractivity contribution in [1.82, 2.24) is 14.5 Å². The summed E-state index contributed by atoms with van der Waals surface area (Å²) in [4.78, 5) is 19.2. The maximum absolute atomic E-state index is 14.6. The van der Waals surface area contributed by atoms with E-state index >= 15 is 0 Å². The number of ether oxygens (including phenoxy) is 2. The first-order valence-electron chi connectivity index (χ1n) is 13.1. The van der Waals surface area contributed by atoms with Gasteiger partial charge in [-0.1, -0.05) is 30.3 Å². The molecule has 1 amide bonds. The summed E-state index contributed by atoms with van der Waals surface area (Å²) in [7, 11) is -4.06. The Labute approximate surface area is 226 Å². The number of hydrogen-bond donors (Lipinski definition) is 0. The van der Waals surface area contributed by atoms with Crippen molar-refractivity contribution in [2.24, 2.45) is 0 Å². The van der Waals surface area contributed by atoms with Gasteiger partial charge in [0.15, 0.2) is 0 Å². The molecule has 0 radical (unpaired) electrons. The number of hydrogen-bond acceptors (Lipinski definition) is 6. The molecule has 0 unspecified atom stereocenters. The summed E-state index contributed by atoms with van der Waals surface area (Å²) in [5.74, 6) is -2.34. The number of sulfone groups is 1. The van der Waals surface area contributed by atoms with Gasteiger partial charge >= 0.3 is 0 Å². The van der Waals surface area contributed by atoms with Crippen molar-refractivity contribution in [2.75, 3.05) is 19.8 Å². The zero-order chi connectivity index (χ0) is 27.4. The van der Waals surface area contributed by atoms with Crippen molar-refractivity contribution in [3.05, 3.63) is 83.2 Å². The molecule has 2 aliphatic rings. The van der Waals surface area contributed by atoms with E-state index in [1.807, 2.05) is 0 Å². The zero-order valence-electron chi connectivity index (χ0n) is 21.5. The van der Waals surface area contributed by atoms with Gasteiger partial charge in [-0.25, -0.2) is 22.2 Å². The minimum absolute atomic E-state index is 0.0119. The lowest BCUT2D eigenvalue weighted by Gasteiger charge is -2.27. The van der Waals surface area contributed by atoms with Crippen LogP contribution in [0.5, 0.6) is 0 Å². The molecule has 2 atom stereocenters. The molecule has 2 aromatic carbocycles. The Bertz CT molecular complexity index is 1420. The van der Waals surface area contributed by atoms with Gasteiger partial charge < -0.3 is 18.9 Å². The van der Waals surface area contributed by atoms with Gasteiger partial charge in [-0.05, 0) is 43.9 Å². The third-order valence-corrected chi connectivity index (χ3v) is 8.66. The van der Waals surface area contributed by atoms with Crippen molar-refractivity contribution in [1.29, 1.82) is 0 Å². The average Bonchev–Trinajstić information content (AvgIpc) is 3.69. The normalized spacial score (nSPS) is 19.4. The van der Waals surface area contributed by atoms with Gasteiger partial charge in [-0.2, -0.15) is 0 Å². The summed E-state index contributed by atoms with van der Waals surface area (Å²) in [5.41, 5.74) is 0.425. The van der Waals surface area contributed by atoms with Gasteiger partial charge in [0, 0.05) is 25.3 Å². The molecule has 3 heterocycles. The van der Waals surface area contributed by atoms with E-state index < -0.39 is 33.1 Å². The van der Waals surface area contributed by atoms with Crippen molar-refractivity contribution in [2.45, 2.75) is 61.9 Å². The third kappa shape index (κ3) is 6.37. The van der Waals surface area contributed by atoms with Gasteiger partial charge in [0.1, 0.15) is 11.6 Å². The molecule has 0 N–H and O–H groups in total. The molecule has 208 valence electrons. The third-order valence-electron chi connectivity index (χ3n) is 7.09. The topological polar surface area (TPSA) is 90.7 Å². The fourth-order valence-corrected chi connectivity index (χ4v) is 6.61. The van der Waals surface area contributed by atoms with Crippen LogP contribution in [0.4, 0.5) is 8.78 Å². The van der Waals surface area contributed by atoms with E-state index in [1.165, 1.54) is 47.5 Å². The predicted octanol–water partition coefficient (Wildman–Crippen LogP) is 4.14. The first-order chi connectivity index (χ1) is 18.8. The fourth-order valence-electron chi connectivity index (χ4n) is 5.09. The van der Waals surface area contributed by atoms with Crippen LogP contribution in [0.15, 0.2) is 59.9 Å². The summed E-state index contributed by atoms with van der Waals surface area (Å²) in [6.45, 7) is 1.57. The first kappa shape index (κ1) is 27.4. The second kappa shape index (κ2) is 11.9. The smallest absolute Gasteiger partial charge is 0.257 e. The minimum Gasteiger partial charge on any atom is -0.376 e. The lowest BCUT2D eigenvalue weighted by Crippen LogP contribution is -2.38. The zero-order valence-corrected chi connectivity index (χ0v) is 22.3. The number of carbonyl (C=O) groups is 1. The van der Waals surface area contributed by atoms with Gasteiger partial charge in [0.2, 0.25) is 15.0 Å². The van der Waals surface area contributed by atoms with Crippen molar-refractivity contribution >= 4 is 15.7 Å². The Morgan fingerprint density at radius 3 is 2.31 bits per heavy atom. The van der Waals surface area contributed by atoms with Gasteiger partial charge in [-0.15, -0.1) is 0 Å². The molecule has 0 spiro atoms. The monoisotopic (exact) mass is 559 g/mol. The average molecular weight is 560 g/mol. The van der Waals surface area contributed by atoms with Crippen LogP contribution in [-0.4, -0.2) is 60.7 Å². The molecule has 0 saturated carbocycles. The van der Waals surface area contributed by atoms with Crippen LogP contribution in [0.3, 0.4) is 0 Å². The molecule has 2 saturated heterocycles. The molecule has 0 bridgehead atoms. The van der Waals surface area contributed by atoms with E-state index in [1.54, 1.807) is 16.7 Å². The van der Waals surface area contributed by atoms with E-state index in [-0.39, 0.29) is 48.1 Å². The van der Waals surface area contributed by atoms with Crippen LogP contribution >= 0.6 is 0 Å². The molecule has 5 rings (SSSR count). The fraction of sp³-hybridized carbons (Fsp3) is 0.429. The molecule has 1 aromatic heterocycles. The first-order valence-corrected chi connectivity index (χ1v) is 14.7. The summed E-state index contributed by atoms with van der Waals surface area (Å²) in [5, 5.41) is -0.216. The molecule has 39 heavy (non-hydrogen) atoms. The number of imidazole rings is 1. The lowest BCUT2D eigenvalue weighted by atomic mass is 10.1. The van der Waals surface area contributed by atoms with Crippen LogP contribution < -0.4 is 0 Å². The summed E-state index contributed by atoms with van der Waals surface area (Å²) in [6.07, 6.45) is 4.20. The summed E-state index contributed by atoms with van der Waals surface area (Å²) < 4.78 is 68.9. The highest BCUT2D eigenvalue weighted by Crippen LogP contribution is 2.25. The van der Waals surface area contributed by atoms with Crippen molar-refractivity contribution in [3.8, 4) is 0 Å². The van der Waals surface area contributed by atoms with Crippen molar-refractivity contribution < 1.29 is 31.5 Å². The molecule has 2 aliphatic heterocycles. The Morgan fingerprint density at radius 1 is 0.974 bits per heavy atom. The second-order valence-electron chi connectivity index (χ2n) is 9.93. The summed E-state index contributed by atoms with van der Waals surface area (Å²) >= 11 is 0. The molecular weight excluding hydrogens is 528 g/mol. The lowest BCUT2D eigenvalue weighted by molar-refractivity contribution is 0.0493. The number of aromatic nitrogens is 2. The SMILES string of the molecule is O=C(c1ccccc1F)N(Cc1cnc(S(=O)(=O)Cc2ccccc2F)n1C[C@@H]1CCCO1)C[C@H]1CCCO1. The predicted molar refractivity (Wildman–Crippen MR) is 139 cm³/mol. The minimum atomic E-state index is -4.06. The Hall–Kier alpha value is -3.15. The van der Waals surface area contributed by atoms with E-state index in [0.29, 0.717) is 18.9 Å².